The zero-order valence-corrected chi connectivity index (χ0v) is 33.0. The van der Waals surface area contributed by atoms with Crippen molar-refractivity contribution in [3.63, 3.8) is 0 Å². The van der Waals surface area contributed by atoms with Crippen LogP contribution in [0.15, 0.2) is 158 Å². The Labute approximate surface area is 350 Å². The van der Waals surface area contributed by atoms with Gasteiger partial charge in [-0.2, -0.15) is 22.9 Å². The van der Waals surface area contributed by atoms with Gasteiger partial charge in [-0.1, -0.05) is 65.6 Å². The summed E-state index contributed by atoms with van der Waals surface area (Å²) in [6, 6.07) is 54.9. The normalized spacial score (nSPS) is 10.9. The molecule has 0 atom stereocenters. The van der Waals surface area contributed by atoms with Gasteiger partial charge < -0.3 is 28.6 Å². The van der Waals surface area contributed by atoms with Gasteiger partial charge in [-0.15, -0.1) is 71.8 Å². The first-order valence-corrected chi connectivity index (χ1v) is 17.3. The van der Waals surface area contributed by atoms with Crippen LogP contribution < -0.4 is 9.47 Å². The second-order valence-electron chi connectivity index (χ2n) is 12.5. The number of para-hydroxylation sites is 1. The summed E-state index contributed by atoms with van der Waals surface area (Å²) in [4.78, 5) is 18.7. The molecular weight excluding hydrogens is 970 g/mol. The van der Waals surface area contributed by atoms with Crippen molar-refractivity contribution >= 4 is 32.7 Å². The van der Waals surface area contributed by atoms with Crippen LogP contribution in [0.25, 0.3) is 66.9 Å². The summed E-state index contributed by atoms with van der Waals surface area (Å²) in [6.07, 6.45) is 9.19. The second-order valence-corrected chi connectivity index (χ2v) is 12.5. The van der Waals surface area contributed by atoms with E-state index < -0.39 is 0 Å². The second kappa shape index (κ2) is 15.9. The molecule has 0 amide bonds. The number of hydrogen-bond acceptors (Lipinski definition) is 6. The van der Waals surface area contributed by atoms with E-state index in [1.807, 2.05) is 132 Å². The minimum absolute atomic E-state index is 0. The molecule has 272 valence electrons. The Kier molecular flexibility index (Phi) is 10.4. The predicted octanol–water partition coefficient (Wildman–Crippen LogP) is 10.4. The van der Waals surface area contributed by atoms with E-state index in [1.165, 1.54) is 0 Å². The fourth-order valence-electron chi connectivity index (χ4n) is 6.60. The number of benzene rings is 5. The molecule has 0 saturated heterocycles. The molecule has 0 spiro atoms. The molecule has 0 aliphatic carbocycles. The first kappa shape index (κ1) is 36.7. The van der Waals surface area contributed by atoms with Crippen LogP contribution in [0, 0.1) is 24.3 Å². The number of ether oxygens (including phenoxy) is 2. The van der Waals surface area contributed by atoms with E-state index in [0.29, 0.717) is 28.9 Å². The number of hydrogen-bond donors (Lipinski definition) is 0. The Balaban J connectivity index is 0.00000220. The molecule has 5 aromatic carbocycles. The Bertz CT molecular complexity index is 2810. The van der Waals surface area contributed by atoms with Crippen molar-refractivity contribution in [2.24, 2.45) is 0 Å². The van der Waals surface area contributed by atoms with Crippen LogP contribution in [-0.2, 0) is 41.5 Å². The van der Waals surface area contributed by atoms with Crippen LogP contribution in [-0.4, -0.2) is 29.1 Å². The number of nitrogens with zero attached hydrogens (tertiary/aromatic N) is 6. The minimum Gasteiger partial charge on any atom is -0.503 e. The Morgan fingerprint density at radius 3 is 1.57 bits per heavy atom. The molecule has 0 fully saturated rings. The number of aromatic nitrogens is 6. The summed E-state index contributed by atoms with van der Waals surface area (Å²) in [6.45, 7) is 0. The van der Waals surface area contributed by atoms with Gasteiger partial charge in [-0.3, -0.25) is 0 Å². The van der Waals surface area contributed by atoms with Crippen molar-refractivity contribution < 1.29 is 51.0 Å². The third kappa shape index (κ3) is 7.05. The van der Waals surface area contributed by atoms with Crippen LogP contribution >= 0.6 is 0 Å². The van der Waals surface area contributed by atoms with Gasteiger partial charge in [0.2, 0.25) is 5.95 Å². The first-order valence-electron chi connectivity index (χ1n) is 17.3. The van der Waals surface area contributed by atoms with E-state index in [2.05, 4.69) is 57.0 Å². The van der Waals surface area contributed by atoms with Crippen LogP contribution in [0.1, 0.15) is 0 Å². The molecule has 5 heterocycles. The van der Waals surface area contributed by atoms with E-state index in [1.54, 1.807) is 12.4 Å². The van der Waals surface area contributed by atoms with Crippen molar-refractivity contribution in [1.29, 1.82) is 0 Å². The van der Waals surface area contributed by atoms with Gasteiger partial charge in [0.1, 0.15) is 0 Å². The first-order chi connectivity index (χ1) is 26.7. The van der Waals surface area contributed by atoms with E-state index in [9.17, 15) is 0 Å². The van der Waals surface area contributed by atoms with Gasteiger partial charge in [-0.25, -0.2) is 9.97 Å². The van der Waals surface area contributed by atoms with Gasteiger partial charge in [0.25, 0.3) is 0 Å². The summed E-state index contributed by atoms with van der Waals surface area (Å²) in [7, 11) is 0. The molecule has 5 aromatic heterocycles. The molecule has 56 heavy (non-hydrogen) atoms. The largest absolute Gasteiger partial charge is 2.00 e. The van der Waals surface area contributed by atoms with Gasteiger partial charge in [-0.05, 0) is 41.0 Å². The molecule has 0 radical (unpaired) electrons. The number of pyridine rings is 2. The zero-order chi connectivity index (χ0) is 35.8. The number of rotatable bonds is 8. The molecule has 10 rings (SSSR count). The molecule has 8 nitrogen and oxygen atoms in total. The SMILES string of the molecule is [Pd+2].[Pt+2].[c-]1c(Oc2[c-]c3c(cc2)c2ccc(Oc4[c-]c(-c5ccccn5)ccc4)[c-]c2n3-c2ncc(-n3ccc4ccccc43)cn2)cccc1-c1ccccn1. The molecule has 0 N–H and O–H groups in total. The maximum atomic E-state index is 6.35. The van der Waals surface area contributed by atoms with Gasteiger partial charge >= 0.3 is 41.5 Å². The topological polar surface area (TPSA) is 79.9 Å². The van der Waals surface area contributed by atoms with Crippen molar-refractivity contribution in [2.45, 2.75) is 0 Å². The van der Waals surface area contributed by atoms with Gasteiger partial charge in [0.15, 0.2) is 0 Å². The molecule has 0 saturated carbocycles. The third-order valence-corrected chi connectivity index (χ3v) is 9.09. The van der Waals surface area contributed by atoms with Crippen LogP contribution in [0.4, 0.5) is 0 Å². The summed E-state index contributed by atoms with van der Waals surface area (Å²) in [5.74, 6) is 2.55. The van der Waals surface area contributed by atoms with Crippen molar-refractivity contribution in [1.82, 2.24) is 29.1 Å². The molecule has 0 aliphatic heterocycles. The summed E-state index contributed by atoms with van der Waals surface area (Å²) >= 11 is 0. The fraction of sp³-hybridized carbons (Fsp3) is 0. The third-order valence-electron chi connectivity index (χ3n) is 9.09. The Morgan fingerprint density at radius 2 is 1.02 bits per heavy atom. The Hall–Kier alpha value is -6.23. The maximum Gasteiger partial charge on any atom is 2.00 e. The smallest absolute Gasteiger partial charge is 0.503 e. The van der Waals surface area contributed by atoms with Crippen molar-refractivity contribution in [3.8, 4) is 57.1 Å². The summed E-state index contributed by atoms with van der Waals surface area (Å²) < 4.78 is 16.7. The van der Waals surface area contributed by atoms with E-state index in [-0.39, 0.29) is 41.5 Å². The molecule has 0 aliphatic rings. The monoisotopic (exact) mass is 995 g/mol. The van der Waals surface area contributed by atoms with Crippen molar-refractivity contribution in [2.75, 3.05) is 0 Å². The van der Waals surface area contributed by atoms with Gasteiger partial charge in [0.05, 0.1) is 23.6 Å². The molecule has 0 unspecified atom stereocenters. The Morgan fingerprint density at radius 1 is 0.482 bits per heavy atom. The van der Waals surface area contributed by atoms with E-state index >= 15 is 0 Å². The fourth-order valence-corrected chi connectivity index (χ4v) is 6.60. The molecule has 10 heteroatoms. The minimum atomic E-state index is 0. The quantitative estimate of drug-likeness (QED) is 0.111. The predicted molar refractivity (Wildman–Crippen MR) is 208 cm³/mol. The average Bonchev–Trinajstić information content (AvgIpc) is 3.81. The zero-order valence-electron chi connectivity index (χ0n) is 29.1. The summed E-state index contributed by atoms with van der Waals surface area (Å²) in [5, 5.41) is 3.00. The molecular formula is C46H26N6O2PdPt. The van der Waals surface area contributed by atoms with Crippen LogP contribution in [0.5, 0.6) is 23.0 Å². The van der Waals surface area contributed by atoms with E-state index in [4.69, 9.17) is 19.4 Å². The molecule has 10 aromatic rings. The number of fused-ring (bicyclic) bond motifs is 4. The maximum absolute atomic E-state index is 6.35. The van der Waals surface area contributed by atoms with Gasteiger partial charge in [0, 0.05) is 41.6 Å². The average molecular weight is 996 g/mol. The van der Waals surface area contributed by atoms with E-state index in [0.717, 1.165) is 60.9 Å². The van der Waals surface area contributed by atoms with Crippen LogP contribution in [0.3, 0.4) is 0 Å². The molecule has 0 bridgehead atoms. The summed E-state index contributed by atoms with van der Waals surface area (Å²) in [5.41, 5.74) is 6.64. The van der Waals surface area contributed by atoms with Crippen LogP contribution in [0.2, 0.25) is 0 Å². The standard InChI is InChI=1S/C46H26N6O2.Pd.Pt/c1-2-16-43-31(9-1)21-24-51(43)34-29-49-46(50-30-34)52-44-27-37(53-35-12-7-10-32(25-35)41-14-3-5-22-47-41)17-19-39(44)40-20-18-38(28-45(40)52)54-36-13-8-11-33(26-36)42-15-4-6-23-48-42;;/h1-24,29-30H;;/q-4;2*+2. The van der Waals surface area contributed by atoms with Crippen molar-refractivity contribution in [3.05, 3.63) is 183 Å².